The van der Waals surface area contributed by atoms with Crippen LogP contribution in [0.2, 0.25) is 0 Å². The molecule has 1 rings (SSSR count). The molecule has 0 spiro atoms. The van der Waals surface area contributed by atoms with Crippen molar-refractivity contribution in [3.63, 3.8) is 0 Å². The van der Waals surface area contributed by atoms with Crippen LogP contribution in [0, 0.1) is 11.3 Å². The predicted octanol–water partition coefficient (Wildman–Crippen LogP) is 2.14. The Morgan fingerprint density at radius 3 is 2.50 bits per heavy atom. The lowest BCUT2D eigenvalue weighted by molar-refractivity contribution is -0.122. The van der Waals surface area contributed by atoms with Gasteiger partial charge in [0.15, 0.2) is 0 Å². The molecular weight excluding hydrogens is 250 g/mol. The zero-order valence-electron chi connectivity index (χ0n) is 12.5. The zero-order valence-corrected chi connectivity index (χ0v) is 12.5. The third-order valence-electron chi connectivity index (χ3n) is 3.06. The van der Waals surface area contributed by atoms with Crippen LogP contribution in [0.5, 0.6) is 0 Å². The molecule has 4 nitrogen and oxygen atoms in total. The van der Waals surface area contributed by atoms with Gasteiger partial charge < -0.3 is 5.32 Å². The molecule has 1 N–H and O–H groups in total. The van der Waals surface area contributed by atoms with E-state index in [1.807, 2.05) is 56.0 Å². The molecule has 0 saturated carbocycles. The molecule has 1 aromatic carbocycles. The van der Waals surface area contributed by atoms with Gasteiger partial charge in [-0.2, -0.15) is 5.26 Å². The highest BCUT2D eigenvalue weighted by Crippen LogP contribution is 2.15. The average Bonchev–Trinajstić information content (AvgIpc) is 2.43. The van der Waals surface area contributed by atoms with Crippen molar-refractivity contribution in [2.75, 3.05) is 19.6 Å². The second kappa shape index (κ2) is 8.34. The van der Waals surface area contributed by atoms with Gasteiger partial charge in [-0.05, 0) is 26.0 Å². The van der Waals surface area contributed by atoms with E-state index < -0.39 is 0 Å². The van der Waals surface area contributed by atoms with Crippen LogP contribution in [0.4, 0.5) is 0 Å². The first kappa shape index (κ1) is 16.2. The van der Waals surface area contributed by atoms with Crippen molar-refractivity contribution in [1.82, 2.24) is 10.2 Å². The number of carbonyl (C=O) groups excluding carboxylic acids is 1. The third kappa shape index (κ3) is 5.41. The summed E-state index contributed by atoms with van der Waals surface area (Å²) >= 11 is 0. The van der Waals surface area contributed by atoms with E-state index in [-0.39, 0.29) is 17.9 Å². The number of rotatable bonds is 7. The first-order chi connectivity index (χ1) is 9.56. The minimum absolute atomic E-state index is 0.00611. The molecule has 4 heteroatoms. The molecule has 0 radical (unpaired) electrons. The first-order valence-corrected chi connectivity index (χ1v) is 7.03. The summed E-state index contributed by atoms with van der Waals surface area (Å²) in [6, 6.07) is 12.2. The smallest absolute Gasteiger partial charge is 0.234 e. The minimum atomic E-state index is -0.206. The fourth-order valence-electron chi connectivity index (χ4n) is 2.04. The van der Waals surface area contributed by atoms with Crippen molar-refractivity contribution >= 4 is 5.91 Å². The summed E-state index contributed by atoms with van der Waals surface area (Å²) in [7, 11) is 0. The average molecular weight is 273 g/mol. The van der Waals surface area contributed by atoms with Crippen LogP contribution in [0.15, 0.2) is 30.3 Å². The molecule has 0 heterocycles. The van der Waals surface area contributed by atoms with Crippen molar-refractivity contribution in [2.45, 2.75) is 32.7 Å². The van der Waals surface area contributed by atoms with Gasteiger partial charge in [0.05, 0.1) is 18.5 Å². The van der Waals surface area contributed by atoms with Crippen LogP contribution in [0.25, 0.3) is 0 Å². The second-order valence-corrected chi connectivity index (χ2v) is 5.14. The normalized spacial score (nSPS) is 12.2. The Kier molecular flexibility index (Phi) is 6.75. The maximum absolute atomic E-state index is 11.8. The van der Waals surface area contributed by atoms with Gasteiger partial charge in [0, 0.05) is 12.6 Å². The Hall–Kier alpha value is -1.86. The number of carbonyl (C=O) groups is 1. The lowest BCUT2D eigenvalue weighted by atomic mass is 10.00. The van der Waals surface area contributed by atoms with E-state index in [2.05, 4.69) is 11.4 Å². The van der Waals surface area contributed by atoms with Crippen LogP contribution in [0.1, 0.15) is 32.3 Å². The number of nitriles is 1. The van der Waals surface area contributed by atoms with Crippen LogP contribution in [0.3, 0.4) is 0 Å². The zero-order chi connectivity index (χ0) is 15.0. The molecule has 1 amide bonds. The van der Waals surface area contributed by atoms with Crippen molar-refractivity contribution in [1.29, 1.82) is 5.26 Å². The highest BCUT2D eigenvalue weighted by molar-refractivity contribution is 5.78. The molecule has 108 valence electrons. The van der Waals surface area contributed by atoms with Crippen molar-refractivity contribution in [3.8, 4) is 6.07 Å². The predicted molar refractivity (Wildman–Crippen MR) is 80.2 cm³/mol. The lowest BCUT2D eigenvalue weighted by Crippen LogP contribution is -2.41. The molecule has 0 fully saturated rings. The minimum Gasteiger partial charge on any atom is -0.353 e. The van der Waals surface area contributed by atoms with Gasteiger partial charge >= 0.3 is 0 Å². The summed E-state index contributed by atoms with van der Waals surface area (Å²) in [5, 5.41) is 12.2. The summed E-state index contributed by atoms with van der Waals surface area (Å²) in [5.74, 6) is -0.199. The van der Waals surface area contributed by atoms with Crippen molar-refractivity contribution < 1.29 is 4.79 Å². The van der Waals surface area contributed by atoms with E-state index in [0.717, 1.165) is 12.1 Å². The lowest BCUT2D eigenvalue weighted by Gasteiger charge is -2.23. The highest BCUT2D eigenvalue weighted by atomic mass is 16.2. The van der Waals surface area contributed by atoms with Gasteiger partial charge in [-0.3, -0.25) is 9.69 Å². The van der Waals surface area contributed by atoms with Crippen LogP contribution >= 0.6 is 0 Å². The van der Waals surface area contributed by atoms with Gasteiger partial charge in [0.25, 0.3) is 0 Å². The Labute approximate surface area is 121 Å². The Balaban J connectivity index is 2.63. The van der Waals surface area contributed by atoms with Crippen LogP contribution in [-0.2, 0) is 4.79 Å². The summed E-state index contributed by atoms with van der Waals surface area (Å²) in [6.45, 7) is 7.54. The topological polar surface area (TPSA) is 56.1 Å². The first-order valence-electron chi connectivity index (χ1n) is 7.03. The van der Waals surface area contributed by atoms with Crippen LogP contribution in [-0.4, -0.2) is 36.5 Å². The number of nitrogens with zero attached hydrogens (tertiary/aromatic N) is 2. The molecule has 1 aromatic rings. The molecule has 1 unspecified atom stereocenters. The van der Waals surface area contributed by atoms with Crippen molar-refractivity contribution in [2.24, 2.45) is 0 Å². The Bertz CT molecular complexity index is 451. The van der Waals surface area contributed by atoms with E-state index in [4.69, 9.17) is 0 Å². The van der Waals surface area contributed by atoms with Gasteiger partial charge in [0.2, 0.25) is 5.91 Å². The molecule has 0 aromatic heterocycles. The maximum atomic E-state index is 11.8. The van der Waals surface area contributed by atoms with E-state index in [1.54, 1.807) is 0 Å². The maximum Gasteiger partial charge on any atom is 0.234 e. The monoisotopic (exact) mass is 273 g/mol. The number of hydrogen-bond donors (Lipinski definition) is 1. The quantitative estimate of drug-likeness (QED) is 0.828. The fourth-order valence-corrected chi connectivity index (χ4v) is 2.04. The number of amides is 1. The second-order valence-electron chi connectivity index (χ2n) is 5.14. The number of nitrogens with one attached hydrogen (secondary N) is 1. The van der Waals surface area contributed by atoms with E-state index in [0.29, 0.717) is 13.1 Å². The van der Waals surface area contributed by atoms with Gasteiger partial charge in [-0.25, -0.2) is 0 Å². The summed E-state index contributed by atoms with van der Waals surface area (Å²) in [4.78, 5) is 13.8. The van der Waals surface area contributed by atoms with Gasteiger partial charge in [0.1, 0.15) is 0 Å². The molecule has 0 aliphatic carbocycles. The Morgan fingerprint density at radius 2 is 2.00 bits per heavy atom. The van der Waals surface area contributed by atoms with E-state index >= 15 is 0 Å². The van der Waals surface area contributed by atoms with Crippen molar-refractivity contribution in [3.05, 3.63) is 35.9 Å². The number of benzene rings is 1. The fraction of sp³-hybridized carbons (Fsp3) is 0.500. The molecular formula is C16H23N3O. The molecule has 0 bridgehead atoms. The third-order valence-corrected chi connectivity index (χ3v) is 3.06. The SMILES string of the molecule is CCN(CC(=O)NC(C)C)CC(C#N)c1ccccc1. The molecule has 1 atom stereocenters. The molecule has 0 aliphatic rings. The standard InChI is InChI=1S/C16H23N3O/c1-4-19(12-16(20)18-13(2)3)11-15(10-17)14-8-6-5-7-9-14/h5-9,13,15H,4,11-12H2,1-3H3,(H,18,20). The molecule has 20 heavy (non-hydrogen) atoms. The summed E-state index contributed by atoms with van der Waals surface area (Å²) in [5.41, 5.74) is 0.998. The summed E-state index contributed by atoms with van der Waals surface area (Å²) in [6.07, 6.45) is 0. The molecule has 0 saturated heterocycles. The molecule has 0 aliphatic heterocycles. The van der Waals surface area contributed by atoms with Crippen LogP contribution < -0.4 is 5.32 Å². The van der Waals surface area contributed by atoms with Gasteiger partial charge in [-0.15, -0.1) is 0 Å². The van der Waals surface area contributed by atoms with E-state index in [1.165, 1.54) is 0 Å². The Morgan fingerprint density at radius 1 is 1.35 bits per heavy atom. The summed E-state index contributed by atoms with van der Waals surface area (Å²) < 4.78 is 0. The van der Waals surface area contributed by atoms with Gasteiger partial charge in [-0.1, -0.05) is 37.3 Å². The number of likely N-dealkylation sites (N-methyl/N-ethyl adjacent to an activating group) is 1. The highest BCUT2D eigenvalue weighted by Gasteiger charge is 2.17. The number of hydrogen-bond acceptors (Lipinski definition) is 3. The van der Waals surface area contributed by atoms with E-state index in [9.17, 15) is 10.1 Å². The largest absolute Gasteiger partial charge is 0.353 e.